The van der Waals surface area contributed by atoms with Gasteiger partial charge in [-0.2, -0.15) is 0 Å². The number of rotatable bonds is 5. The molecule has 0 saturated carbocycles. The lowest BCUT2D eigenvalue weighted by Crippen LogP contribution is -2.33. The van der Waals surface area contributed by atoms with Gasteiger partial charge in [-0.3, -0.25) is 20.2 Å². The Labute approximate surface area is 166 Å². The van der Waals surface area contributed by atoms with E-state index >= 15 is 0 Å². The van der Waals surface area contributed by atoms with Crippen LogP contribution in [0.2, 0.25) is 0 Å². The number of aryl methyl sites for hydroxylation is 1. The van der Waals surface area contributed by atoms with Gasteiger partial charge in [-0.05, 0) is 48.5 Å². The normalized spacial score (nSPS) is 10.3. The highest BCUT2D eigenvalue weighted by molar-refractivity contribution is 7.80. The van der Waals surface area contributed by atoms with Gasteiger partial charge in [0.2, 0.25) is 0 Å². The van der Waals surface area contributed by atoms with Gasteiger partial charge in [-0.25, -0.2) is 0 Å². The summed E-state index contributed by atoms with van der Waals surface area (Å²) in [4.78, 5) is 22.7. The molecule has 1 amide bonds. The lowest BCUT2D eigenvalue weighted by molar-refractivity contribution is -0.384. The number of furan rings is 1. The fraction of sp³-hybridized carbons (Fsp3) is 0.100. The van der Waals surface area contributed by atoms with E-state index in [9.17, 15) is 14.9 Å². The number of hydrogen-bond acceptors (Lipinski definition) is 5. The maximum absolute atomic E-state index is 12.3. The number of carbonyl (C=O) groups excluding carboxylic acids is 1. The van der Waals surface area contributed by atoms with E-state index < -0.39 is 10.8 Å². The van der Waals surface area contributed by atoms with Crippen LogP contribution < -0.4 is 10.6 Å². The van der Waals surface area contributed by atoms with Crippen molar-refractivity contribution in [3.63, 3.8) is 0 Å². The average molecular weight is 395 g/mol. The summed E-state index contributed by atoms with van der Waals surface area (Å²) < 4.78 is 5.53. The van der Waals surface area contributed by atoms with E-state index in [1.54, 1.807) is 18.2 Å². The number of non-ortho nitro benzene ring substituents is 1. The zero-order valence-corrected chi connectivity index (χ0v) is 15.8. The Bertz CT molecular complexity index is 1030. The van der Waals surface area contributed by atoms with E-state index in [1.165, 1.54) is 23.8 Å². The van der Waals surface area contributed by atoms with Crippen molar-refractivity contribution in [2.75, 3.05) is 5.32 Å². The molecule has 2 N–H and O–H groups in total. The van der Waals surface area contributed by atoms with Gasteiger partial charge < -0.3 is 9.73 Å². The molecule has 0 radical (unpaired) electrons. The van der Waals surface area contributed by atoms with Gasteiger partial charge in [0, 0.05) is 23.4 Å². The molecule has 0 aliphatic rings. The van der Waals surface area contributed by atoms with Crippen LogP contribution in [0.15, 0.2) is 65.1 Å². The molecule has 0 aliphatic carbocycles. The summed E-state index contributed by atoms with van der Waals surface area (Å²) in [7, 11) is 0. The van der Waals surface area contributed by atoms with Crippen LogP contribution >= 0.6 is 12.2 Å². The van der Waals surface area contributed by atoms with Gasteiger partial charge in [0.05, 0.1) is 4.92 Å². The molecule has 0 bridgehead atoms. The zero-order valence-electron chi connectivity index (χ0n) is 15.0. The Balaban J connectivity index is 1.65. The van der Waals surface area contributed by atoms with Crippen molar-refractivity contribution in [2.24, 2.45) is 0 Å². The van der Waals surface area contributed by atoms with Crippen LogP contribution in [0.5, 0.6) is 0 Å². The summed E-state index contributed by atoms with van der Waals surface area (Å²) in [6, 6.07) is 16.8. The second-order valence-corrected chi connectivity index (χ2v) is 6.34. The summed E-state index contributed by atoms with van der Waals surface area (Å²) in [6.07, 6.45) is 0.937. The van der Waals surface area contributed by atoms with Crippen LogP contribution in [-0.4, -0.2) is 15.9 Å². The maximum Gasteiger partial charge on any atom is 0.293 e. The minimum Gasteiger partial charge on any atom is -0.451 e. The zero-order chi connectivity index (χ0) is 20.1. The fourth-order valence-corrected chi connectivity index (χ4v) is 2.75. The lowest BCUT2D eigenvalue weighted by atomic mass is 10.1. The maximum atomic E-state index is 12.3. The number of nitrogens with one attached hydrogen (secondary N) is 2. The Morgan fingerprint density at radius 2 is 1.89 bits per heavy atom. The van der Waals surface area contributed by atoms with Gasteiger partial charge in [-0.15, -0.1) is 0 Å². The van der Waals surface area contributed by atoms with Gasteiger partial charge in [0.1, 0.15) is 5.76 Å². The van der Waals surface area contributed by atoms with Gasteiger partial charge in [0.15, 0.2) is 10.9 Å². The first-order valence-electron chi connectivity index (χ1n) is 8.52. The molecule has 0 saturated heterocycles. The molecule has 0 fully saturated rings. The molecule has 0 atom stereocenters. The Kier molecular flexibility index (Phi) is 5.81. The van der Waals surface area contributed by atoms with Crippen molar-refractivity contribution in [3.8, 4) is 11.3 Å². The summed E-state index contributed by atoms with van der Waals surface area (Å²) in [5, 5.41) is 16.5. The van der Waals surface area contributed by atoms with Crippen molar-refractivity contribution in [2.45, 2.75) is 13.3 Å². The molecule has 142 valence electrons. The first-order chi connectivity index (χ1) is 13.5. The molecule has 7 nitrogen and oxygen atoms in total. The van der Waals surface area contributed by atoms with Gasteiger partial charge >= 0.3 is 0 Å². The van der Waals surface area contributed by atoms with Gasteiger partial charge in [0.25, 0.3) is 11.6 Å². The number of nitro benzene ring substituents is 1. The molecule has 0 unspecified atom stereocenters. The number of amides is 1. The van der Waals surface area contributed by atoms with Crippen molar-refractivity contribution >= 4 is 34.6 Å². The van der Waals surface area contributed by atoms with E-state index in [1.807, 2.05) is 24.3 Å². The number of carbonyl (C=O) groups is 1. The van der Waals surface area contributed by atoms with Crippen LogP contribution in [0.3, 0.4) is 0 Å². The smallest absolute Gasteiger partial charge is 0.293 e. The average Bonchev–Trinajstić information content (AvgIpc) is 3.19. The number of anilines is 1. The predicted molar refractivity (Wildman–Crippen MR) is 110 cm³/mol. The number of nitro groups is 1. The number of thiocarbonyl (C=S) groups is 1. The topological polar surface area (TPSA) is 97.4 Å². The van der Waals surface area contributed by atoms with Crippen molar-refractivity contribution in [3.05, 3.63) is 82.1 Å². The van der Waals surface area contributed by atoms with E-state index in [0.717, 1.165) is 12.1 Å². The number of hydrogen-bond donors (Lipinski definition) is 2. The molecule has 3 rings (SSSR count). The second kappa shape index (κ2) is 8.45. The minimum atomic E-state index is -0.514. The van der Waals surface area contributed by atoms with Crippen molar-refractivity contribution < 1.29 is 14.1 Å². The van der Waals surface area contributed by atoms with Crippen LogP contribution in [0, 0.1) is 10.1 Å². The third kappa shape index (κ3) is 4.60. The van der Waals surface area contributed by atoms with E-state index in [2.05, 4.69) is 17.6 Å². The predicted octanol–water partition coefficient (Wildman–Crippen LogP) is 4.54. The minimum absolute atomic E-state index is 0.0481. The van der Waals surface area contributed by atoms with Crippen LogP contribution in [0.25, 0.3) is 11.3 Å². The second-order valence-electron chi connectivity index (χ2n) is 5.93. The molecule has 28 heavy (non-hydrogen) atoms. The molecule has 8 heteroatoms. The molecule has 2 aromatic carbocycles. The molecule has 3 aromatic rings. The summed E-state index contributed by atoms with van der Waals surface area (Å²) in [5.41, 5.74) is 2.41. The van der Waals surface area contributed by atoms with E-state index in [4.69, 9.17) is 16.6 Å². The Hall–Kier alpha value is -3.52. The summed E-state index contributed by atoms with van der Waals surface area (Å²) in [6.45, 7) is 2.07. The molecule has 1 aromatic heterocycles. The van der Waals surface area contributed by atoms with Crippen molar-refractivity contribution in [1.29, 1.82) is 0 Å². The largest absolute Gasteiger partial charge is 0.451 e. The highest BCUT2D eigenvalue weighted by Gasteiger charge is 2.15. The summed E-state index contributed by atoms with van der Waals surface area (Å²) in [5.74, 6) is -0.116. The van der Waals surface area contributed by atoms with Crippen molar-refractivity contribution in [1.82, 2.24) is 5.32 Å². The molecular formula is C20H17N3O4S. The van der Waals surface area contributed by atoms with Gasteiger partial charge in [-0.1, -0.05) is 31.2 Å². The molecular weight excluding hydrogens is 378 g/mol. The SMILES string of the molecule is CCc1ccc(NC(=S)NC(=O)c2ccc(-c3cccc([N+](=O)[O-])c3)o2)cc1. The number of benzene rings is 2. The van der Waals surface area contributed by atoms with Crippen LogP contribution in [-0.2, 0) is 6.42 Å². The lowest BCUT2D eigenvalue weighted by Gasteiger charge is -2.09. The standard InChI is InChI=1S/C20H17N3O4S/c1-2-13-6-8-15(9-7-13)21-20(28)22-19(24)18-11-10-17(27-18)14-4-3-5-16(12-14)23(25)26/h3-12H,2H2,1H3,(H2,21,22,24,28). The molecule has 0 spiro atoms. The summed E-state index contributed by atoms with van der Waals surface area (Å²) >= 11 is 5.16. The van der Waals surface area contributed by atoms with E-state index in [-0.39, 0.29) is 16.6 Å². The molecule has 0 aliphatic heterocycles. The monoisotopic (exact) mass is 395 g/mol. The first kappa shape index (κ1) is 19.2. The Morgan fingerprint density at radius 3 is 2.57 bits per heavy atom. The number of nitrogens with zero attached hydrogens (tertiary/aromatic N) is 1. The van der Waals surface area contributed by atoms with Crippen LogP contribution in [0.4, 0.5) is 11.4 Å². The van der Waals surface area contributed by atoms with E-state index in [0.29, 0.717) is 11.3 Å². The highest BCUT2D eigenvalue weighted by atomic mass is 32.1. The fourth-order valence-electron chi connectivity index (χ4n) is 2.54. The molecule has 1 heterocycles. The van der Waals surface area contributed by atoms with Crippen LogP contribution in [0.1, 0.15) is 23.0 Å². The third-order valence-electron chi connectivity index (χ3n) is 4.02. The third-order valence-corrected chi connectivity index (χ3v) is 4.22. The Morgan fingerprint density at radius 1 is 1.14 bits per heavy atom. The highest BCUT2D eigenvalue weighted by Crippen LogP contribution is 2.25. The quantitative estimate of drug-likeness (QED) is 0.374. The first-order valence-corrected chi connectivity index (χ1v) is 8.93.